The van der Waals surface area contributed by atoms with Gasteiger partial charge in [-0.05, 0) is 30.2 Å². The molecule has 1 fully saturated rings. The highest BCUT2D eigenvalue weighted by atomic mass is 32.2. The molecule has 3 atom stereocenters. The van der Waals surface area contributed by atoms with E-state index in [9.17, 15) is 26.4 Å². The second-order valence-electron chi connectivity index (χ2n) is 7.74. The van der Waals surface area contributed by atoms with Crippen LogP contribution < -0.4 is 9.46 Å². The summed E-state index contributed by atoms with van der Waals surface area (Å²) < 4.78 is 93.1. The van der Waals surface area contributed by atoms with E-state index < -0.39 is 77.0 Å². The van der Waals surface area contributed by atoms with Crippen LogP contribution in [0.4, 0.5) is 22.4 Å². The van der Waals surface area contributed by atoms with Crippen molar-refractivity contribution < 1.29 is 40.2 Å². The predicted molar refractivity (Wildman–Crippen MR) is 107 cm³/mol. The first-order valence-corrected chi connectivity index (χ1v) is 11.7. The number of cyclic esters (lactones) is 1. The maximum atomic E-state index is 15.2. The van der Waals surface area contributed by atoms with Crippen molar-refractivity contribution in [3.63, 3.8) is 0 Å². The second kappa shape index (κ2) is 8.78. The summed E-state index contributed by atoms with van der Waals surface area (Å²) in [5, 5.41) is 0. The second-order valence-corrected chi connectivity index (χ2v) is 9.52. The minimum Gasteiger partial charge on any atom is -0.443 e. The number of ether oxygens (including phenoxy) is 2. The molecule has 13 heteroatoms. The number of fused-ring (bicyclic) bond motifs is 5. The van der Waals surface area contributed by atoms with E-state index in [2.05, 4.69) is 9.71 Å². The molecule has 0 spiro atoms. The summed E-state index contributed by atoms with van der Waals surface area (Å²) in [7, 11) is -3.86. The molecule has 1 saturated heterocycles. The molecule has 8 nitrogen and oxygen atoms in total. The van der Waals surface area contributed by atoms with Crippen LogP contribution in [0.15, 0.2) is 30.3 Å². The highest BCUT2D eigenvalue weighted by Crippen LogP contribution is 2.35. The van der Waals surface area contributed by atoms with Gasteiger partial charge >= 0.3 is 6.09 Å². The van der Waals surface area contributed by atoms with Crippen molar-refractivity contribution in [2.75, 3.05) is 12.8 Å². The van der Waals surface area contributed by atoms with Gasteiger partial charge in [-0.2, -0.15) is 0 Å². The molecule has 178 valence electrons. The number of halogens is 4. The molecule has 2 aliphatic heterocycles. The Labute approximate surface area is 186 Å². The van der Waals surface area contributed by atoms with Crippen molar-refractivity contribution in [2.24, 2.45) is 0 Å². The van der Waals surface area contributed by atoms with Gasteiger partial charge in [0.1, 0.15) is 12.8 Å². The highest BCUT2D eigenvalue weighted by Gasteiger charge is 2.46. The van der Waals surface area contributed by atoms with Crippen LogP contribution in [0.5, 0.6) is 11.6 Å². The number of nitrogens with zero attached hydrogens (tertiary/aromatic N) is 2. The number of benzene rings is 1. The fraction of sp³-hybridized carbons (Fsp3) is 0.400. The van der Waals surface area contributed by atoms with E-state index in [0.717, 1.165) is 17.2 Å². The largest absolute Gasteiger partial charge is 0.443 e. The van der Waals surface area contributed by atoms with E-state index >= 15 is 4.39 Å². The molecular formula is C20H19F4N3O5S. The number of hydrogen-bond acceptors (Lipinski definition) is 6. The van der Waals surface area contributed by atoms with E-state index in [1.54, 1.807) is 0 Å². The normalized spacial score (nSPS) is 23.2. The summed E-state index contributed by atoms with van der Waals surface area (Å²) in [6, 6.07) is 3.68. The van der Waals surface area contributed by atoms with Crippen LogP contribution in [-0.4, -0.2) is 55.5 Å². The number of rotatable bonds is 3. The zero-order valence-electron chi connectivity index (χ0n) is 17.2. The van der Waals surface area contributed by atoms with Crippen molar-refractivity contribution in [3.8, 4) is 11.6 Å². The number of amides is 1. The lowest BCUT2D eigenvalue weighted by atomic mass is 9.99. The smallest absolute Gasteiger partial charge is 0.410 e. The van der Waals surface area contributed by atoms with E-state index in [-0.39, 0.29) is 17.7 Å². The number of aromatic nitrogens is 1. The van der Waals surface area contributed by atoms with Gasteiger partial charge in [-0.3, -0.25) is 0 Å². The quantitative estimate of drug-likeness (QED) is 0.666. The minimum absolute atomic E-state index is 0.0388. The number of nitrogens with one attached hydrogen (secondary N) is 1. The molecule has 0 saturated carbocycles. The van der Waals surface area contributed by atoms with E-state index in [1.165, 1.54) is 24.3 Å². The van der Waals surface area contributed by atoms with Crippen LogP contribution >= 0.6 is 0 Å². The first-order chi connectivity index (χ1) is 15.5. The SMILES string of the molecule is CS(=O)(=O)N[C@H]1[C@@H](F)CN2C(=O)OCc3ccc(C(F)F)c(n3)Oc3cccc(c3F)C[C@@H]12. The molecule has 2 aromatic rings. The van der Waals surface area contributed by atoms with Crippen LogP contribution in [0.3, 0.4) is 0 Å². The summed E-state index contributed by atoms with van der Waals surface area (Å²) in [4.78, 5) is 17.6. The molecule has 3 heterocycles. The summed E-state index contributed by atoms with van der Waals surface area (Å²) in [6.45, 7) is -0.944. The Hall–Kier alpha value is -2.93. The molecule has 33 heavy (non-hydrogen) atoms. The Morgan fingerprint density at radius 2 is 2.00 bits per heavy atom. The molecule has 0 aliphatic carbocycles. The Balaban J connectivity index is 1.80. The molecule has 4 rings (SSSR count). The standard InChI is InChI=1S/C20H19F4N3O5S/c1-33(29,30)26-17-13(21)8-27-14(17)7-10-3-2-4-15(16(10)22)32-19-12(18(23)24)6-5-11(25-19)9-31-20(27)28/h2-6,13-14,17-18,26H,7-9H2,1H3/t13-,14-,17-/m0/s1. The maximum absolute atomic E-state index is 15.2. The van der Waals surface area contributed by atoms with Crippen LogP contribution in [0.1, 0.15) is 23.2 Å². The Kier molecular flexibility index (Phi) is 6.18. The topological polar surface area (TPSA) is 97.8 Å². The molecule has 1 aromatic carbocycles. The van der Waals surface area contributed by atoms with Gasteiger partial charge in [0.15, 0.2) is 11.6 Å². The van der Waals surface area contributed by atoms with Gasteiger partial charge in [0.25, 0.3) is 6.43 Å². The number of sulfonamides is 1. The predicted octanol–water partition coefficient (Wildman–Crippen LogP) is 3.08. The molecule has 0 unspecified atom stereocenters. The number of carbonyl (C=O) groups excluding carboxylic acids is 1. The average Bonchev–Trinajstić information content (AvgIpc) is 3.02. The summed E-state index contributed by atoms with van der Waals surface area (Å²) in [6.07, 6.45) is -5.17. The molecular weight excluding hydrogens is 470 g/mol. The number of pyridine rings is 1. The number of carbonyl (C=O) groups is 1. The molecule has 1 aromatic heterocycles. The molecule has 1 amide bonds. The zero-order valence-corrected chi connectivity index (χ0v) is 18.0. The van der Waals surface area contributed by atoms with Gasteiger partial charge in [0.05, 0.1) is 36.1 Å². The van der Waals surface area contributed by atoms with Gasteiger partial charge in [-0.1, -0.05) is 12.1 Å². The Morgan fingerprint density at radius 3 is 2.70 bits per heavy atom. The monoisotopic (exact) mass is 489 g/mol. The molecule has 4 bridgehead atoms. The third kappa shape index (κ3) is 4.88. The van der Waals surface area contributed by atoms with Gasteiger partial charge in [-0.15, -0.1) is 0 Å². The van der Waals surface area contributed by atoms with Crippen LogP contribution in [-0.2, 0) is 27.8 Å². The lowest BCUT2D eigenvalue weighted by molar-refractivity contribution is 0.0882. The third-order valence-corrected chi connectivity index (χ3v) is 6.07. The third-order valence-electron chi connectivity index (χ3n) is 5.37. The zero-order chi connectivity index (χ0) is 23.9. The van der Waals surface area contributed by atoms with Crippen molar-refractivity contribution in [2.45, 2.75) is 37.7 Å². The lowest BCUT2D eigenvalue weighted by Crippen LogP contribution is -2.49. The summed E-state index contributed by atoms with van der Waals surface area (Å²) >= 11 is 0. The minimum atomic E-state index is -3.86. The highest BCUT2D eigenvalue weighted by molar-refractivity contribution is 7.88. The van der Waals surface area contributed by atoms with Crippen molar-refractivity contribution in [3.05, 3.63) is 53.0 Å². The van der Waals surface area contributed by atoms with Gasteiger partial charge < -0.3 is 14.4 Å². The summed E-state index contributed by atoms with van der Waals surface area (Å²) in [5.74, 6) is -1.88. The van der Waals surface area contributed by atoms with Crippen LogP contribution in [0.25, 0.3) is 0 Å². The van der Waals surface area contributed by atoms with Gasteiger partial charge in [0.2, 0.25) is 15.9 Å². The fourth-order valence-electron chi connectivity index (χ4n) is 3.88. The van der Waals surface area contributed by atoms with E-state index in [1.807, 2.05) is 0 Å². The van der Waals surface area contributed by atoms with Gasteiger partial charge in [-0.25, -0.2) is 40.5 Å². The number of hydrogen-bond donors (Lipinski definition) is 1. The van der Waals surface area contributed by atoms with Crippen LogP contribution in [0.2, 0.25) is 0 Å². The van der Waals surface area contributed by atoms with E-state index in [4.69, 9.17) is 9.47 Å². The van der Waals surface area contributed by atoms with Crippen LogP contribution in [0, 0.1) is 5.82 Å². The molecule has 1 N–H and O–H groups in total. The fourth-order valence-corrected chi connectivity index (χ4v) is 4.68. The first-order valence-electron chi connectivity index (χ1n) is 9.81. The molecule has 0 radical (unpaired) electrons. The van der Waals surface area contributed by atoms with Crippen molar-refractivity contribution in [1.29, 1.82) is 0 Å². The summed E-state index contributed by atoms with van der Waals surface area (Å²) in [5.41, 5.74) is -0.585. The van der Waals surface area contributed by atoms with E-state index in [0.29, 0.717) is 0 Å². The number of alkyl halides is 3. The first kappa shape index (κ1) is 23.2. The van der Waals surface area contributed by atoms with Crippen molar-refractivity contribution in [1.82, 2.24) is 14.6 Å². The molecule has 2 aliphatic rings. The maximum Gasteiger partial charge on any atom is 0.410 e. The lowest BCUT2D eigenvalue weighted by Gasteiger charge is -2.27. The Morgan fingerprint density at radius 1 is 1.24 bits per heavy atom. The average molecular weight is 489 g/mol. The Bertz CT molecular complexity index is 1180. The van der Waals surface area contributed by atoms with Crippen molar-refractivity contribution >= 4 is 16.1 Å². The van der Waals surface area contributed by atoms with Gasteiger partial charge in [0, 0.05) is 0 Å².